The Kier molecular flexibility index (Phi) is 8.61. The van der Waals surface area contributed by atoms with Crippen LogP contribution in [0.25, 0.3) is 0 Å². The summed E-state index contributed by atoms with van der Waals surface area (Å²) in [6.07, 6.45) is 4.81. The summed E-state index contributed by atoms with van der Waals surface area (Å²) >= 11 is 0. The minimum atomic E-state index is 0.675. The van der Waals surface area contributed by atoms with Gasteiger partial charge in [-0.3, -0.25) is 0 Å². The first-order valence-corrected chi connectivity index (χ1v) is 6.73. The predicted octanol–water partition coefficient (Wildman–Crippen LogP) is 1.43. The zero-order valence-electron chi connectivity index (χ0n) is 11.0. The largest absolute Gasteiger partial charge is 0.385 e. The molecule has 0 aromatic carbocycles. The van der Waals surface area contributed by atoms with Crippen molar-refractivity contribution in [2.24, 2.45) is 17.6 Å². The van der Waals surface area contributed by atoms with E-state index in [1.54, 1.807) is 7.11 Å². The molecule has 0 radical (unpaired) electrons. The lowest BCUT2D eigenvalue weighted by molar-refractivity contribution is 0.0231. The van der Waals surface area contributed by atoms with Crippen molar-refractivity contribution in [3.63, 3.8) is 0 Å². The standard InChI is InChI=1S/C13H27NO3/c1-15-6-3-7-16-8-9-17-11-13-5-2-4-12(13)10-14/h12-13H,2-11,14H2,1H3. The summed E-state index contributed by atoms with van der Waals surface area (Å²) in [4.78, 5) is 0. The van der Waals surface area contributed by atoms with E-state index in [0.717, 1.165) is 32.8 Å². The van der Waals surface area contributed by atoms with Crippen molar-refractivity contribution in [1.29, 1.82) is 0 Å². The summed E-state index contributed by atoms with van der Waals surface area (Å²) in [5.41, 5.74) is 5.73. The lowest BCUT2D eigenvalue weighted by Gasteiger charge is -2.17. The van der Waals surface area contributed by atoms with Crippen molar-refractivity contribution in [3.05, 3.63) is 0 Å². The molecule has 102 valence electrons. The molecule has 4 heteroatoms. The molecule has 0 amide bonds. The van der Waals surface area contributed by atoms with Gasteiger partial charge in [0.2, 0.25) is 0 Å². The first kappa shape index (κ1) is 14.9. The summed E-state index contributed by atoms with van der Waals surface area (Å²) < 4.78 is 16.0. The Morgan fingerprint density at radius 2 is 1.76 bits per heavy atom. The molecule has 0 aliphatic heterocycles. The van der Waals surface area contributed by atoms with Crippen LogP contribution in [0.2, 0.25) is 0 Å². The summed E-state index contributed by atoms with van der Waals surface area (Å²) in [6, 6.07) is 0. The Balaban J connectivity index is 1.87. The molecular weight excluding hydrogens is 218 g/mol. The van der Waals surface area contributed by atoms with Crippen molar-refractivity contribution in [2.45, 2.75) is 25.7 Å². The van der Waals surface area contributed by atoms with Gasteiger partial charge < -0.3 is 19.9 Å². The van der Waals surface area contributed by atoms with Gasteiger partial charge >= 0.3 is 0 Å². The molecule has 0 spiro atoms. The second-order valence-corrected chi connectivity index (χ2v) is 4.72. The van der Waals surface area contributed by atoms with Gasteiger partial charge in [0.15, 0.2) is 0 Å². The highest BCUT2D eigenvalue weighted by molar-refractivity contribution is 4.77. The number of rotatable bonds is 10. The van der Waals surface area contributed by atoms with Crippen molar-refractivity contribution in [2.75, 3.05) is 46.7 Å². The molecule has 4 nitrogen and oxygen atoms in total. The summed E-state index contributed by atoms with van der Waals surface area (Å²) in [7, 11) is 1.71. The fourth-order valence-corrected chi connectivity index (χ4v) is 2.40. The highest BCUT2D eigenvalue weighted by Gasteiger charge is 2.25. The van der Waals surface area contributed by atoms with Crippen molar-refractivity contribution < 1.29 is 14.2 Å². The fourth-order valence-electron chi connectivity index (χ4n) is 2.40. The van der Waals surface area contributed by atoms with Crippen LogP contribution < -0.4 is 5.73 Å². The van der Waals surface area contributed by atoms with E-state index in [0.29, 0.717) is 25.0 Å². The van der Waals surface area contributed by atoms with Gasteiger partial charge in [-0.2, -0.15) is 0 Å². The van der Waals surface area contributed by atoms with E-state index in [4.69, 9.17) is 19.9 Å². The van der Waals surface area contributed by atoms with E-state index in [1.807, 2.05) is 0 Å². The van der Waals surface area contributed by atoms with Gasteiger partial charge in [-0.25, -0.2) is 0 Å². The fraction of sp³-hybridized carbons (Fsp3) is 1.00. The molecule has 1 rings (SSSR count). The Morgan fingerprint density at radius 1 is 1.00 bits per heavy atom. The molecule has 17 heavy (non-hydrogen) atoms. The van der Waals surface area contributed by atoms with Gasteiger partial charge in [-0.15, -0.1) is 0 Å². The molecular formula is C13H27NO3. The number of hydrogen-bond acceptors (Lipinski definition) is 4. The maximum atomic E-state index is 5.73. The lowest BCUT2D eigenvalue weighted by atomic mass is 9.97. The van der Waals surface area contributed by atoms with E-state index < -0.39 is 0 Å². The maximum Gasteiger partial charge on any atom is 0.0700 e. The van der Waals surface area contributed by atoms with Gasteiger partial charge in [0, 0.05) is 26.9 Å². The third-order valence-corrected chi connectivity index (χ3v) is 3.46. The summed E-state index contributed by atoms with van der Waals surface area (Å²) in [6.45, 7) is 4.56. The Labute approximate surface area is 105 Å². The molecule has 0 aromatic heterocycles. The number of nitrogens with two attached hydrogens (primary N) is 1. The molecule has 2 unspecified atom stereocenters. The molecule has 0 saturated heterocycles. The molecule has 0 aromatic rings. The van der Waals surface area contributed by atoms with E-state index in [2.05, 4.69) is 0 Å². The van der Waals surface area contributed by atoms with Crippen molar-refractivity contribution in [3.8, 4) is 0 Å². The maximum absolute atomic E-state index is 5.73. The van der Waals surface area contributed by atoms with E-state index in [-0.39, 0.29) is 0 Å². The molecule has 1 aliphatic rings. The van der Waals surface area contributed by atoms with E-state index in [9.17, 15) is 0 Å². The Bertz CT molecular complexity index is 178. The predicted molar refractivity (Wildman–Crippen MR) is 68.0 cm³/mol. The molecule has 0 heterocycles. The Morgan fingerprint density at radius 3 is 2.53 bits per heavy atom. The lowest BCUT2D eigenvalue weighted by Crippen LogP contribution is -2.23. The SMILES string of the molecule is COCCCOCCOCC1CCCC1CN. The van der Waals surface area contributed by atoms with Crippen LogP contribution in [0, 0.1) is 11.8 Å². The van der Waals surface area contributed by atoms with Crippen LogP contribution in [-0.4, -0.2) is 46.7 Å². The van der Waals surface area contributed by atoms with Gasteiger partial charge in [0.05, 0.1) is 13.2 Å². The third-order valence-electron chi connectivity index (χ3n) is 3.46. The van der Waals surface area contributed by atoms with E-state index in [1.165, 1.54) is 19.3 Å². The zero-order chi connectivity index (χ0) is 12.3. The monoisotopic (exact) mass is 245 g/mol. The molecule has 1 saturated carbocycles. The average Bonchev–Trinajstić information content (AvgIpc) is 2.80. The minimum Gasteiger partial charge on any atom is -0.385 e. The first-order chi connectivity index (χ1) is 8.38. The smallest absolute Gasteiger partial charge is 0.0700 e. The van der Waals surface area contributed by atoms with Crippen LogP contribution in [0.15, 0.2) is 0 Å². The van der Waals surface area contributed by atoms with Gasteiger partial charge in [-0.1, -0.05) is 6.42 Å². The second kappa shape index (κ2) is 9.83. The van der Waals surface area contributed by atoms with Gasteiger partial charge in [0.25, 0.3) is 0 Å². The molecule has 2 atom stereocenters. The van der Waals surface area contributed by atoms with Crippen LogP contribution in [-0.2, 0) is 14.2 Å². The number of hydrogen-bond donors (Lipinski definition) is 1. The van der Waals surface area contributed by atoms with Crippen LogP contribution in [0.1, 0.15) is 25.7 Å². The number of methoxy groups -OCH3 is 1. The quantitative estimate of drug-likeness (QED) is 0.592. The molecule has 1 fully saturated rings. The van der Waals surface area contributed by atoms with Crippen molar-refractivity contribution in [1.82, 2.24) is 0 Å². The van der Waals surface area contributed by atoms with E-state index >= 15 is 0 Å². The highest BCUT2D eigenvalue weighted by Crippen LogP contribution is 2.30. The van der Waals surface area contributed by atoms with Crippen LogP contribution in [0.5, 0.6) is 0 Å². The van der Waals surface area contributed by atoms with Gasteiger partial charge in [0.1, 0.15) is 0 Å². The highest BCUT2D eigenvalue weighted by atomic mass is 16.5. The second-order valence-electron chi connectivity index (χ2n) is 4.72. The summed E-state index contributed by atoms with van der Waals surface area (Å²) in [5, 5.41) is 0. The van der Waals surface area contributed by atoms with Crippen LogP contribution in [0.4, 0.5) is 0 Å². The summed E-state index contributed by atoms with van der Waals surface area (Å²) in [5.74, 6) is 1.35. The van der Waals surface area contributed by atoms with Crippen molar-refractivity contribution >= 4 is 0 Å². The molecule has 1 aliphatic carbocycles. The zero-order valence-corrected chi connectivity index (χ0v) is 11.0. The number of ether oxygens (including phenoxy) is 3. The minimum absolute atomic E-state index is 0.675. The van der Waals surface area contributed by atoms with Gasteiger partial charge in [-0.05, 0) is 37.6 Å². The van der Waals surface area contributed by atoms with Crippen LogP contribution >= 0.6 is 0 Å². The normalized spacial score (nSPS) is 24.4. The Hall–Kier alpha value is -0.160. The first-order valence-electron chi connectivity index (χ1n) is 6.73. The molecule has 2 N–H and O–H groups in total. The topological polar surface area (TPSA) is 53.7 Å². The molecule has 0 bridgehead atoms. The third kappa shape index (κ3) is 6.36. The average molecular weight is 245 g/mol. The van der Waals surface area contributed by atoms with Crippen LogP contribution in [0.3, 0.4) is 0 Å².